The Labute approximate surface area is 134 Å². The first-order valence-electron chi connectivity index (χ1n) is 7.75. The van der Waals surface area contributed by atoms with Gasteiger partial charge in [0.2, 0.25) is 5.88 Å². The van der Waals surface area contributed by atoms with Crippen LogP contribution in [0.25, 0.3) is 0 Å². The van der Waals surface area contributed by atoms with Crippen LogP contribution in [-0.2, 0) is 6.61 Å². The Bertz CT molecular complexity index is 720. The average molecular weight is 311 g/mol. The molecular weight excluding hydrogens is 293 g/mol. The zero-order chi connectivity index (χ0) is 16.1. The van der Waals surface area contributed by atoms with Crippen LogP contribution in [0.1, 0.15) is 35.6 Å². The lowest BCUT2D eigenvalue weighted by molar-refractivity contribution is 0.286. The number of hydrogen-bond acceptors (Lipinski definition) is 4. The highest BCUT2D eigenvalue weighted by molar-refractivity contribution is 5.32. The molecule has 0 unspecified atom stereocenters. The van der Waals surface area contributed by atoms with E-state index < -0.39 is 5.82 Å². The largest absolute Gasteiger partial charge is 0.473 e. The zero-order valence-corrected chi connectivity index (χ0v) is 12.8. The highest BCUT2D eigenvalue weighted by atomic mass is 19.1. The zero-order valence-electron chi connectivity index (χ0n) is 12.8. The molecule has 2 heterocycles. The maximum atomic E-state index is 13.9. The number of nitriles is 1. The molecule has 5 heteroatoms. The smallest absolute Gasteiger partial charge is 0.213 e. The monoisotopic (exact) mass is 311 g/mol. The number of hydrogen-bond donors (Lipinski definition) is 1. The second kappa shape index (κ2) is 7.21. The van der Waals surface area contributed by atoms with Crippen LogP contribution in [0.4, 0.5) is 4.39 Å². The van der Waals surface area contributed by atoms with Crippen molar-refractivity contribution in [2.75, 3.05) is 13.1 Å². The molecule has 0 spiro atoms. The number of aromatic nitrogens is 1. The first-order valence-corrected chi connectivity index (χ1v) is 7.75. The number of rotatable bonds is 4. The van der Waals surface area contributed by atoms with Crippen molar-refractivity contribution in [3.05, 3.63) is 59.0 Å². The molecule has 1 aromatic heterocycles. The fraction of sp³-hybridized carbons (Fsp3) is 0.333. The lowest BCUT2D eigenvalue weighted by Crippen LogP contribution is -2.27. The minimum atomic E-state index is -0.432. The van der Waals surface area contributed by atoms with Crippen molar-refractivity contribution in [1.29, 1.82) is 5.26 Å². The molecule has 0 aliphatic carbocycles. The molecule has 0 bridgehead atoms. The normalized spacial score (nSPS) is 15.1. The molecule has 1 aliphatic heterocycles. The first-order chi connectivity index (χ1) is 11.3. The van der Waals surface area contributed by atoms with E-state index in [1.807, 2.05) is 18.2 Å². The van der Waals surface area contributed by atoms with Crippen molar-refractivity contribution in [3.8, 4) is 11.9 Å². The van der Waals surface area contributed by atoms with Crippen molar-refractivity contribution in [2.24, 2.45) is 0 Å². The summed E-state index contributed by atoms with van der Waals surface area (Å²) in [7, 11) is 0. The van der Waals surface area contributed by atoms with Crippen molar-refractivity contribution in [1.82, 2.24) is 10.3 Å². The highest BCUT2D eigenvalue weighted by Gasteiger charge is 2.16. The maximum Gasteiger partial charge on any atom is 0.213 e. The minimum Gasteiger partial charge on any atom is -0.473 e. The van der Waals surface area contributed by atoms with Gasteiger partial charge in [0.15, 0.2) is 0 Å². The molecule has 23 heavy (non-hydrogen) atoms. The number of nitrogens with one attached hydrogen (secondary N) is 1. The third-order valence-electron chi connectivity index (χ3n) is 4.06. The van der Waals surface area contributed by atoms with Crippen LogP contribution in [0.2, 0.25) is 0 Å². The average Bonchev–Trinajstić information content (AvgIpc) is 2.61. The van der Waals surface area contributed by atoms with E-state index >= 15 is 0 Å². The van der Waals surface area contributed by atoms with E-state index in [-0.39, 0.29) is 6.61 Å². The molecule has 0 radical (unpaired) electrons. The quantitative estimate of drug-likeness (QED) is 0.942. The van der Waals surface area contributed by atoms with E-state index in [2.05, 4.69) is 10.3 Å². The second-order valence-electron chi connectivity index (χ2n) is 5.63. The van der Waals surface area contributed by atoms with E-state index in [4.69, 9.17) is 10.00 Å². The first kappa shape index (κ1) is 15.4. The van der Waals surface area contributed by atoms with E-state index in [0.717, 1.165) is 31.6 Å². The summed E-state index contributed by atoms with van der Waals surface area (Å²) < 4.78 is 19.5. The summed E-state index contributed by atoms with van der Waals surface area (Å²) in [6.45, 7) is 2.11. The Balaban J connectivity index is 1.67. The van der Waals surface area contributed by atoms with Crippen molar-refractivity contribution in [3.63, 3.8) is 0 Å². The standard InChI is InChI=1S/C18H18FN3O/c19-16-10-13(11-20)4-5-15(16)12-23-18-3-1-2-17(22-18)14-6-8-21-9-7-14/h1-5,10,14,21H,6-9,12H2. The Morgan fingerprint density at radius 1 is 1.26 bits per heavy atom. The highest BCUT2D eigenvalue weighted by Crippen LogP contribution is 2.25. The van der Waals surface area contributed by atoms with Gasteiger partial charge in [-0.2, -0.15) is 5.26 Å². The molecule has 1 N–H and O–H groups in total. The molecule has 2 aromatic rings. The van der Waals surface area contributed by atoms with Crippen molar-refractivity contribution < 1.29 is 9.13 Å². The van der Waals surface area contributed by atoms with Gasteiger partial charge >= 0.3 is 0 Å². The number of halogens is 1. The molecule has 0 atom stereocenters. The van der Waals surface area contributed by atoms with Crippen LogP contribution in [-0.4, -0.2) is 18.1 Å². The maximum absolute atomic E-state index is 13.9. The van der Waals surface area contributed by atoms with Gasteiger partial charge in [0.1, 0.15) is 12.4 Å². The van der Waals surface area contributed by atoms with Crippen molar-refractivity contribution >= 4 is 0 Å². The van der Waals surface area contributed by atoms with Gasteiger partial charge in [-0.1, -0.05) is 12.1 Å². The van der Waals surface area contributed by atoms with E-state index in [1.165, 1.54) is 6.07 Å². The number of ether oxygens (including phenoxy) is 1. The summed E-state index contributed by atoms with van der Waals surface area (Å²) >= 11 is 0. The van der Waals surface area contributed by atoms with Crippen LogP contribution in [0.15, 0.2) is 36.4 Å². The lowest BCUT2D eigenvalue weighted by Gasteiger charge is -2.22. The Morgan fingerprint density at radius 3 is 2.83 bits per heavy atom. The summed E-state index contributed by atoms with van der Waals surface area (Å²) in [5.74, 6) is 0.523. The minimum absolute atomic E-state index is 0.0974. The topological polar surface area (TPSA) is 57.9 Å². The summed E-state index contributed by atoms with van der Waals surface area (Å²) in [5, 5.41) is 12.1. The SMILES string of the molecule is N#Cc1ccc(COc2cccc(C3CCNCC3)n2)c(F)c1. The van der Waals surface area contributed by atoms with Crippen LogP contribution >= 0.6 is 0 Å². The van der Waals surface area contributed by atoms with E-state index in [0.29, 0.717) is 22.9 Å². The van der Waals surface area contributed by atoms with Gasteiger partial charge in [-0.05, 0) is 44.1 Å². The number of pyridine rings is 1. The van der Waals surface area contributed by atoms with Crippen LogP contribution < -0.4 is 10.1 Å². The molecule has 1 fully saturated rings. The van der Waals surface area contributed by atoms with Gasteiger partial charge in [0.25, 0.3) is 0 Å². The predicted octanol–water partition coefficient (Wildman–Crippen LogP) is 3.14. The van der Waals surface area contributed by atoms with E-state index in [9.17, 15) is 4.39 Å². The summed E-state index contributed by atoms with van der Waals surface area (Å²) in [6, 6.07) is 12.0. The predicted molar refractivity (Wildman–Crippen MR) is 84.5 cm³/mol. The molecule has 118 valence electrons. The molecule has 3 rings (SSSR count). The molecule has 1 aliphatic rings. The van der Waals surface area contributed by atoms with Gasteiger partial charge in [-0.25, -0.2) is 9.37 Å². The van der Waals surface area contributed by atoms with Crippen molar-refractivity contribution in [2.45, 2.75) is 25.4 Å². The Kier molecular flexibility index (Phi) is 4.84. The molecule has 0 amide bonds. The molecule has 1 aromatic carbocycles. The molecule has 4 nitrogen and oxygen atoms in total. The molecule has 0 saturated carbocycles. The van der Waals surface area contributed by atoms with Gasteiger partial charge < -0.3 is 10.1 Å². The number of nitrogens with zero attached hydrogens (tertiary/aromatic N) is 2. The van der Waals surface area contributed by atoms with Gasteiger partial charge in [0.05, 0.1) is 11.6 Å². The van der Waals surface area contributed by atoms with Crippen LogP contribution in [0.3, 0.4) is 0 Å². The summed E-state index contributed by atoms with van der Waals surface area (Å²) in [6.07, 6.45) is 2.14. The number of benzene rings is 1. The number of piperidine rings is 1. The molecular formula is C18H18FN3O. The third kappa shape index (κ3) is 3.85. The lowest BCUT2D eigenvalue weighted by atomic mass is 9.94. The Morgan fingerprint density at radius 2 is 2.09 bits per heavy atom. The summed E-state index contributed by atoms with van der Waals surface area (Å²) in [5.41, 5.74) is 1.75. The van der Waals surface area contributed by atoms with Gasteiger partial charge in [0, 0.05) is 23.2 Å². The summed E-state index contributed by atoms with van der Waals surface area (Å²) in [4.78, 5) is 4.55. The van der Waals surface area contributed by atoms with E-state index in [1.54, 1.807) is 18.2 Å². The molecule has 1 saturated heterocycles. The van der Waals surface area contributed by atoms with Crippen LogP contribution in [0.5, 0.6) is 5.88 Å². The fourth-order valence-electron chi connectivity index (χ4n) is 2.74. The fourth-order valence-corrected chi connectivity index (χ4v) is 2.74. The van der Waals surface area contributed by atoms with Gasteiger partial charge in [-0.15, -0.1) is 0 Å². The Hall–Kier alpha value is -2.45. The second-order valence-corrected chi connectivity index (χ2v) is 5.63. The third-order valence-corrected chi connectivity index (χ3v) is 4.06. The van der Waals surface area contributed by atoms with Gasteiger partial charge in [-0.3, -0.25) is 0 Å². The van der Waals surface area contributed by atoms with Crippen LogP contribution in [0, 0.1) is 17.1 Å².